The molecule has 1 spiro atoms. The van der Waals surface area contributed by atoms with E-state index in [0.717, 1.165) is 13.1 Å². The number of methoxy groups -OCH3 is 1. The number of piperazine rings is 1. The van der Waals surface area contributed by atoms with Gasteiger partial charge >= 0.3 is 0 Å². The normalized spacial score (nSPS) is 25.3. The molecule has 2 aliphatic rings. The van der Waals surface area contributed by atoms with Crippen molar-refractivity contribution in [3.63, 3.8) is 0 Å². The summed E-state index contributed by atoms with van der Waals surface area (Å²) in [6.45, 7) is 5.59. The summed E-state index contributed by atoms with van der Waals surface area (Å²) in [6.07, 6.45) is 8.58. The van der Waals surface area contributed by atoms with Crippen molar-refractivity contribution in [2.45, 2.75) is 57.2 Å². The highest BCUT2D eigenvalue weighted by Gasteiger charge is 2.40. The summed E-state index contributed by atoms with van der Waals surface area (Å²) in [6, 6.07) is 4.74. The Kier molecular flexibility index (Phi) is 4.45. The van der Waals surface area contributed by atoms with E-state index in [-0.39, 0.29) is 0 Å². The van der Waals surface area contributed by atoms with Crippen molar-refractivity contribution in [3.05, 3.63) is 23.9 Å². The van der Waals surface area contributed by atoms with E-state index in [1.165, 1.54) is 44.2 Å². The summed E-state index contributed by atoms with van der Waals surface area (Å²) in [5, 5.41) is 3.85. The number of hydrogen-bond donors (Lipinski definition) is 1. The van der Waals surface area contributed by atoms with Gasteiger partial charge in [-0.2, -0.15) is 0 Å². The van der Waals surface area contributed by atoms with Gasteiger partial charge in [-0.25, -0.2) is 4.98 Å². The van der Waals surface area contributed by atoms with Gasteiger partial charge in [0.2, 0.25) is 5.88 Å². The SMILES string of the molecule is CCC1CNC2(CCCC2)CN1Cc1ccc(OC)nc1. The number of nitrogens with one attached hydrogen (secondary N) is 1. The second kappa shape index (κ2) is 6.32. The molecule has 21 heavy (non-hydrogen) atoms. The summed E-state index contributed by atoms with van der Waals surface area (Å²) >= 11 is 0. The quantitative estimate of drug-likeness (QED) is 0.924. The van der Waals surface area contributed by atoms with Gasteiger partial charge in [0.15, 0.2) is 0 Å². The molecule has 2 heterocycles. The molecule has 0 amide bonds. The predicted octanol–water partition coefficient (Wildman–Crippen LogP) is 2.59. The van der Waals surface area contributed by atoms with E-state index in [9.17, 15) is 0 Å². The van der Waals surface area contributed by atoms with Crippen LogP contribution in [-0.4, -0.2) is 41.7 Å². The Morgan fingerprint density at radius 1 is 1.38 bits per heavy atom. The summed E-state index contributed by atoms with van der Waals surface area (Å²) in [5.41, 5.74) is 1.66. The fraction of sp³-hybridized carbons (Fsp3) is 0.706. The average Bonchev–Trinajstić information content (AvgIpc) is 2.96. The van der Waals surface area contributed by atoms with Crippen molar-refractivity contribution in [2.75, 3.05) is 20.2 Å². The Bertz CT molecular complexity index is 454. The maximum absolute atomic E-state index is 5.14. The first-order valence-corrected chi connectivity index (χ1v) is 8.23. The van der Waals surface area contributed by atoms with Crippen molar-refractivity contribution in [2.24, 2.45) is 0 Å². The zero-order valence-corrected chi connectivity index (χ0v) is 13.3. The molecule has 0 aromatic carbocycles. The van der Waals surface area contributed by atoms with Crippen molar-refractivity contribution in [1.82, 2.24) is 15.2 Å². The molecule has 1 aromatic rings. The fourth-order valence-electron chi connectivity index (χ4n) is 3.87. The maximum Gasteiger partial charge on any atom is 0.212 e. The third kappa shape index (κ3) is 3.22. The molecule has 1 aliphatic heterocycles. The molecule has 1 atom stereocenters. The lowest BCUT2D eigenvalue weighted by Crippen LogP contribution is -2.62. The highest BCUT2D eigenvalue weighted by molar-refractivity contribution is 5.18. The molecular weight excluding hydrogens is 262 g/mol. The van der Waals surface area contributed by atoms with Gasteiger partial charge in [-0.15, -0.1) is 0 Å². The molecule has 2 fully saturated rings. The lowest BCUT2D eigenvalue weighted by atomic mass is 9.91. The van der Waals surface area contributed by atoms with Crippen LogP contribution < -0.4 is 10.1 Å². The van der Waals surface area contributed by atoms with E-state index in [0.29, 0.717) is 17.5 Å². The monoisotopic (exact) mass is 289 g/mol. The van der Waals surface area contributed by atoms with Gasteiger partial charge in [-0.3, -0.25) is 4.90 Å². The highest BCUT2D eigenvalue weighted by Crippen LogP contribution is 2.34. The summed E-state index contributed by atoms with van der Waals surface area (Å²) in [7, 11) is 1.66. The molecule has 0 bridgehead atoms. The van der Waals surface area contributed by atoms with Crippen molar-refractivity contribution in [1.29, 1.82) is 0 Å². The fourth-order valence-corrected chi connectivity index (χ4v) is 3.87. The molecule has 1 N–H and O–H groups in total. The standard InChI is InChI=1S/C17H27N3O/c1-3-15-11-19-17(8-4-5-9-17)13-20(15)12-14-6-7-16(21-2)18-10-14/h6-7,10,15,19H,3-5,8-9,11-13H2,1-2H3. The van der Waals surface area contributed by atoms with Crippen LogP contribution in [0.3, 0.4) is 0 Å². The van der Waals surface area contributed by atoms with Crippen molar-refractivity contribution in [3.8, 4) is 5.88 Å². The molecule has 116 valence electrons. The van der Waals surface area contributed by atoms with Gasteiger partial charge in [0, 0.05) is 43.5 Å². The van der Waals surface area contributed by atoms with Gasteiger partial charge < -0.3 is 10.1 Å². The lowest BCUT2D eigenvalue weighted by molar-refractivity contribution is 0.0717. The topological polar surface area (TPSA) is 37.4 Å². The Labute approximate surface area is 127 Å². The molecular formula is C17H27N3O. The number of pyridine rings is 1. The van der Waals surface area contributed by atoms with Crippen LogP contribution in [-0.2, 0) is 6.54 Å². The van der Waals surface area contributed by atoms with Crippen LogP contribution in [0.5, 0.6) is 5.88 Å². The van der Waals surface area contributed by atoms with E-state index in [1.807, 2.05) is 12.3 Å². The van der Waals surface area contributed by atoms with E-state index in [2.05, 4.69) is 28.2 Å². The van der Waals surface area contributed by atoms with E-state index in [1.54, 1.807) is 7.11 Å². The first kappa shape index (κ1) is 14.8. The van der Waals surface area contributed by atoms with Gasteiger partial charge in [-0.1, -0.05) is 25.8 Å². The Morgan fingerprint density at radius 3 is 2.81 bits per heavy atom. The van der Waals surface area contributed by atoms with E-state index in [4.69, 9.17) is 4.74 Å². The van der Waals surface area contributed by atoms with Crippen LogP contribution in [0, 0.1) is 0 Å². The maximum atomic E-state index is 5.14. The van der Waals surface area contributed by atoms with Crippen LogP contribution >= 0.6 is 0 Å². The van der Waals surface area contributed by atoms with Crippen LogP contribution in [0.15, 0.2) is 18.3 Å². The van der Waals surface area contributed by atoms with Crippen LogP contribution in [0.1, 0.15) is 44.6 Å². The Balaban J connectivity index is 1.70. The minimum absolute atomic E-state index is 0.381. The van der Waals surface area contributed by atoms with Crippen LogP contribution in [0.25, 0.3) is 0 Å². The van der Waals surface area contributed by atoms with E-state index >= 15 is 0 Å². The lowest BCUT2D eigenvalue weighted by Gasteiger charge is -2.46. The highest BCUT2D eigenvalue weighted by atomic mass is 16.5. The van der Waals surface area contributed by atoms with Crippen molar-refractivity contribution < 1.29 is 4.74 Å². The molecule has 0 radical (unpaired) electrons. The third-order valence-electron chi connectivity index (χ3n) is 5.16. The minimum Gasteiger partial charge on any atom is -0.481 e. The first-order chi connectivity index (χ1) is 10.2. The number of ether oxygens (including phenoxy) is 1. The first-order valence-electron chi connectivity index (χ1n) is 8.23. The van der Waals surface area contributed by atoms with Crippen molar-refractivity contribution >= 4 is 0 Å². The van der Waals surface area contributed by atoms with Gasteiger partial charge in [0.1, 0.15) is 0 Å². The smallest absolute Gasteiger partial charge is 0.212 e. The second-order valence-electron chi connectivity index (χ2n) is 6.54. The van der Waals surface area contributed by atoms with Gasteiger partial charge in [0.05, 0.1) is 7.11 Å². The average molecular weight is 289 g/mol. The summed E-state index contributed by atoms with van der Waals surface area (Å²) in [5.74, 6) is 0.693. The summed E-state index contributed by atoms with van der Waals surface area (Å²) < 4.78 is 5.14. The summed E-state index contributed by atoms with van der Waals surface area (Å²) in [4.78, 5) is 7.00. The largest absolute Gasteiger partial charge is 0.481 e. The van der Waals surface area contributed by atoms with E-state index < -0.39 is 0 Å². The number of nitrogens with zero attached hydrogens (tertiary/aromatic N) is 2. The Hall–Kier alpha value is -1.13. The van der Waals surface area contributed by atoms with Gasteiger partial charge in [0.25, 0.3) is 0 Å². The molecule has 1 aliphatic carbocycles. The zero-order valence-electron chi connectivity index (χ0n) is 13.3. The molecule has 1 aromatic heterocycles. The predicted molar refractivity (Wildman–Crippen MR) is 84.5 cm³/mol. The zero-order chi connectivity index (χ0) is 14.7. The number of rotatable bonds is 4. The van der Waals surface area contributed by atoms with Gasteiger partial charge in [-0.05, 0) is 24.8 Å². The van der Waals surface area contributed by atoms with Crippen LogP contribution in [0.2, 0.25) is 0 Å². The second-order valence-corrected chi connectivity index (χ2v) is 6.54. The number of aromatic nitrogens is 1. The molecule has 4 heteroatoms. The molecule has 3 rings (SSSR count). The molecule has 4 nitrogen and oxygen atoms in total. The Morgan fingerprint density at radius 2 is 2.19 bits per heavy atom. The molecule has 1 saturated carbocycles. The minimum atomic E-state index is 0.381. The van der Waals surface area contributed by atoms with Crippen LogP contribution in [0.4, 0.5) is 0 Å². The molecule has 1 saturated heterocycles. The molecule has 1 unspecified atom stereocenters. The third-order valence-corrected chi connectivity index (χ3v) is 5.16. The number of hydrogen-bond acceptors (Lipinski definition) is 4.